The van der Waals surface area contributed by atoms with Crippen LogP contribution in [0.5, 0.6) is 0 Å². The maximum atomic E-state index is 12.5. The lowest BCUT2D eigenvalue weighted by Gasteiger charge is -2.26. The number of rotatable bonds is 2. The summed E-state index contributed by atoms with van der Waals surface area (Å²) in [5, 5.41) is 2.25. The van der Waals surface area contributed by atoms with Crippen molar-refractivity contribution >= 4 is 22.8 Å². The van der Waals surface area contributed by atoms with Gasteiger partial charge in [0.1, 0.15) is 0 Å². The molecule has 0 aromatic heterocycles. The normalized spacial score (nSPS) is 15.3. The average Bonchev–Trinajstić information content (AvgIpc) is 2.53. The van der Waals surface area contributed by atoms with Gasteiger partial charge >= 0.3 is 0 Å². The molecule has 0 spiro atoms. The van der Waals surface area contributed by atoms with Crippen LogP contribution in [-0.2, 0) is 0 Å². The van der Waals surface area contributed by atoms with Crippen LogP contribution < -0.4 is 0 Å². The lowest BCUT2D eigenvalue weighted by Crippen LogP contribution is -2.35. The highest BCUT2D eigenvalue weighted by molar-refractivity contribution is 6.00. The summed E-state index contributed by atoms with van der Waals surface area (Å²) in [4.78, 5) is 14.5. The van der Waals surface area contributed by atoms with Crippen LogP contribution >= 0.6 is 0 Å². The molecule has 0 bridgehead atoms. The number of piperidine rings is 1. The van der Waals surface area contributed by atoms with Crippen molar-refractivity contribution in [2.24, 2.45) is 0 Å². The number of hydrogen-bond donors (Lipinski definition) is 0. The summed E-state index contributed by atoms with van der Waals surface area (Å²) < 4.78 is 0. The quantitative estimate of drug-likeness (QED) is 0.800. The van der Waals surface area contributed by atoms with E-state index in [1.807, 2.05) is 41.3 Å². The second-order valence-corrected chi connectivity index (χ2v) is 5.34. The number of hydrogen-bond acceptors (Lipinski definition) is 1. The number of amides is 1. The molecule has 0 radical (unpaired) electrons. The van der Waals surface area contributed by atoms with Gasteiger partial charge < -0.3 is 4.90 Å². The van der Waals surface area contributed by atoms with E-state index in [2.05, 4.69) is 12.6 Å². The highest BCUT2D eigenvalue weighted by atomic mass is 16.2. The van der Waals surface area contributed by atoms with Gasteiger partial charge in [-0.05, 0) is 47.7 Å². The predicted octanol–water partition coefficient (Wildman–Crippen LogP) is 4.11. The van der Waals surface area contributed by atoms with E-state index in [0.29, 0.717) is 0 Å². The number of carbonyl (C=O) groups is 1. The molecule has 0 N–H and O–H groups in total. The van der Waals surface area contributed by atoms with E-state index >= 15 is 0 Å². The Bertz CT molecular complexity index is 654. The van der Waals surface area contributed by atoms with Crippen molar-refractivity contribution in [1.82, 2.24) is 4.90 Å². The summed E-state index contributed by atoms with van der Waals surface area (Å²) in [6.45, 7) is 5.62. The molecule has 2 heteroatoms. The van der Waals surface area contributed by atoms with Gasteiger partial charge in [-0.25, -0.2) is 0 Å². The van der Waals surface area contributed by atoms with Crippen molar-refractivity contribution in [3.63, 3.8) is 0 Å². The Morgan fingerprint density at radius 1 is 1.10 bits per heavy atom. The first-order chi connectivity index (χ1) is 9.79. The number of likely N-dealkylation sites (tertiary alicyclic amines) is 1. The molecular weight excluding hydrogens is 246 g/mol. The van der Waals surface area contributed by atoms with Crippen molar-refractivity contribution in [3.8, 4) is 0 Å². The molecule has 1 heterocycles. The van der Waals surface area contributed by atoms with Crippen LogP contribution in [-0.4, -0.2) is 23.9 Å². The summed E-state index contributed by atoms with van der Waals surface area (Å²) in [7, 11) is 0. The zero-order chi connectivity index (χ0) is 13.9. The van der Waals surface area contributed by atoms with E-state index < -0.39 is 0 Å². The molecule has 20 heavy (non-hydrogen) atoms. The molecule has 2 aromatic carbocycles. The van der Waals surface area contributed by atoms with E-state index in [-0.39, 0.29) is 5.91 Å². The molecule has 2 aromatic rings. The summed E-state index contributed by atoms with van der Waals surface area (Å²) in [6, 6.07) is 12.1. The van der Waals surface area contributed by atoms with E-state index in [0.717, 1.165) is 47.8 Å². The summed E-state index contributed by atoms with van der Waals surface area (Å²) in [5.74, 6) is 0.163. The Morgan fingerprint density at radius 2 is 1.90 bits per heavy atom. The largest absolute Gasteiger partial charge is 0.339 e. The number of fused-ring (bicyclic) bond motifs is 1. The highest BCUT2D eigenvalue weighted by Gasteiger charge is 2.18. The van der Waals surface area contributed by atoms with Gasteiger partial charge in [-0.15, -0.1) is 0 Å². The van der Waals surface area contributed by atoms with Crippen LogP contribution in [0.4, 0.5) is 0 Å². The van der Waals surface area contributed by atoms with Gasteiger partial charge in [-0.1, -0.05) is 36.9 Å². The summed E-state index contributed by atoms with van der Waals surface area (Å²) in [5.41, 5.74) is 1.90. The molecule has 1 fully saturated rings. The topological polar surface area (TPSA) is 20.3 Å². The van der Waals surface area contributed by atoms with Gasteiger partial charge in [0.05, 0.1) is 0 Å². The van der Waals surface area contributed by atoms with Crippen LogP contribution in [0.2, 0.25) is 0 Å². The Balaban J connectivity index is 1.96. The van der Waals surface area contributed by atoms with E-state index in [1.54, 1.807) is 0 Å². The maximum absolute atomic E-state index is 12.5. The van der Waals surface area contributed by atoms with Gasteiger partial charge in [0.15, 0.2) is 0 Å². The average molecular weight is 265 g/mol. The Labute approximate surface area is 119 Å². The van der Waals surface area contributed by atoms with Crippen molar-refractivity contribution in [3.05, 3.63) is 54.1 Å². The van der Waals surface area contributed by atoms with E-state index in [1.165, 1.54) is 6.42 Å². The minimum Gasteiger partial charge on any atom is -0.339 e. The lowest BCUT2D eigenvalue weighted by molar-refractivity contribution is 0.0724. The molecule has 1 aliphatic heterocycles. The van der Waals surface area contributed by atoms with E-state index in [9.17, 15) is 4.79 Å². The molecule has 1 amide bonds. The fourth-order valence-corrected chi connectivity index (χ4v) is 2.90. The van der Waals surface area contributed by atoms with Crippen LogP contribution in [0, 0.1) is 0 Å². The number of carbonyl (C=O) groups excluding carboxylic acids is 1. The molecule has 1 aliphatic rings. The molecule has 3 rings (SSSR count). The fourth-order valence-electron chi connectivity index (χ4n) is 2.90. The molecule has 102 valence electrons. The number of benzene rings is 2. The van der Waals surface area contributed by atoms with Crippen LogP contribution in [0.1, 0.15) is 35.2 Å². The minimum absolute atomic E-state index is 0.163. The first-order valence-corrected chi connectivity index (χ1v) is 7.24. The lowest BCUT2D eigenvalue weighted by atomic mass is 10.0. The molecular formula is C18H19NO. The Kier molecular flexibility index (Phi) is 3.55. The van der Waals surface area contributed by atoms with Gasteiger partial charge in [0, 0.05) is 18.7 Å². The van der Waals surface area contributed by atoms with Crippen LogP contribution in [0.25, 0.3) is 16.8 Å². The first kappa shape index (κ1) is 12.9. The summed E-state index contributed by atoms with van der Waals surface area (Å²) in [6.07, 6.45) is 5.35. The second-order valence-electron chi connectivity index (χ2n) is 5.34. The van der Waals surface area contributed by atoms with Gasteiger partial charge in [0.25, 0.3) is 5.91 Å². The van der Waals surface area contributed by atoms with Crippen molar-refractivity contribution < 1.29 is 4.79 Å². The molecule has 0 saturated carbocycles. The highest BCUT2D eigenvalue weighted by Crippen LogP contribution is 2.22. The third-order valence-electron chi connectivity index (χ3n) is 4.02. The standard InChI is InChI=1S/C18H19NO/c1-2-14-7-6-8-15-13-16(9-10-17(14)15)18(20)19-11-4-3-5-12-19/h2,6-10,13H,1,3-5,11-12H2. The molecule has 0 unspecified atom stereocenters. The molecule has 1 saturated heterocycles. The van der Waals surface area contributed by atoms with Crippen LogP contribution in [0.3, 0.4) is 0 Å². The van der Waals surface area contributed by atoms with Crippen molar-refractivity contribution in [1.29, 1.82) is 0 Å². The Hall–Kier alpha value is -2.09. The molecule has 2 nitrogen and oxygen atoms in total. The first-order valence-electron chi connectivity index (χ1n) is 7.24. The fraction of sp³-hybridized carbons (Fsp3) is 0.278. The summed E-state index contributed by atoms with van der Waals surface area (Å²) >= 11 is 0. The van der Waals surface area contributed by atoms with Gasteiger partial charge in [-0.3, -0.25) is 4.79 Å². The number of nitrogens with zero attached hydrogens (tertiary/aromatic N) is 1. The third kappa shape index (κ3) is 2.34. The molecule has 0 atom stereocenters. The molecule has 0 aliphatic carbocycles. The zero-order valence-corrected chi connectivity index (χ0v) is 11.6. The third-order valence-corrected chi connectivity index (χ3v) is 4.02. The smallest absolute Gasteiger partial charge is 0.253 e. The minimum atomic E-state index is 0.163. The predicted molar refractivity (Wildman–Crippen MR) is 83.8 cm³/mol. The SMILES string of the molecule is C=Cc1cccc2cc(C(=O)N3CCCCC3)ccc12. The zero-order valence-electron chi connectivity index (χ0n) is 11.6. The van der Waals surface area contributed by atoms with Gasteiger partial charge in [-0.2, -0.15) is 0 Å². The monoisotopic (exact) mass is 265 g/mol. The van der Waals surface area contributed by atoms with Crippen molar-refractivity contribution in [2.45, 2.75) is 19.3 Å². The van der Waals surface area contributed by atoms with E-state index in [4.69, 9.17) is 0 Å². The maximum Gasteiger partial charge on any atom is 0.253 e. The van der Waals surface area contributed by atoms with Gasteiger partial charge in [0.2, 0.25) is 0 Å². The Morgan fingerprint density at radius 3 is 2.65 bits per heavy atom. The van der Waals surface area contributed by atoms with Crippen molar-refractivity contribution in [2.75, 3.05) is 13.1 Å². The van der Waals surface area contributed by atoms with Crippen LogP contribution in [0.15, 0.2) is 43.0 Å². The second kappa shape index (κ2) is 5.49.